The minimum atomic E-state index is -1.36. The molecule has 8 nitrogen and oxygen atoms in total. The molecule has 0 fully saturated rings. The van der Waals surface area contributed by atoms with Gasteiger partial charge in [-0.1, -0.05) is 48.5 Å². The van der Waals surface area contributed by atoms with E-state index in [-0.39, 0.29) is 25.5 Å². The molecule has 2 aromatic carbocycles. The molecule has 4 N–H and O–H groups in total. The van der Waals surface area contributed by atoms with Crippen molar-refractivity contribution in [3.8, 4) is 11.1 Å². The smallest absolute Gasteiger partial charge is 0.407 e. The van der Waals surface area contributed by atoms with Crippen LogP contribution in [0, 0.1) is 0 Å². The molecule has 29 heavy (non-hydrogen) atoms. The number of aliphatic hydroxyl groups excluding tert-OH is 1. The third kappa shape index (κ3) is 4.72. The number of fused-ring (bicyclic) bond motifs is 3. The van der Waals surface area contributed by atoms with Crippen molar-refractivity contribution in [1.82, 2.24) is 10.6 Å². The molecule has 1 aliphatic rings. The first-order valence-electron chi connectivity index (χ1n) is 9.23. The maximum absolute atomic E-state index is 12.0. The van der Waals surface area contributed by atoms with E-state index in [0.717, 1.165) is 22.3 Å². The van der Waals surface area contributed by atoms with Crippen molar-refractivity contribution < 1.29 is 29.3 Å². The first kappa shape index (κ1) is 20.3. The van der Waals surface area contributed by atoms with Crippen LogP contribution in [0.1, 0.15) is 23.5 Å². The highest BCUT2D eigenvalue weighted by molar-refractivity contribution is 5.84. The van der Waals surface area contributed by atoms with Crippen LogP contribution in [0.2, 0.25) is 0 Å². The molecular weight excluding hydrogens is 376 g/mol. The Balaban J connectivity index is 1.49. The van der Waals surface area contributed by atoms with E-state index in [1.54, 1.807) is 0 Å². The van der Waals surface area contributed by atoms with E-state index < -0.39 is 30.6 Å². The summed E-state index contributed by atoms with van der Waals surface area (Å²) in [7, 11) is 0. The van der Waals surface area contributed by atoms with Gasteiger partial charge in [0, 0.05) is 18.9 Å². The Hall–Kier alpha value is -3.39. The van der Waals surface area contributed by atoms with E-state index in [1.807, 2.05) is 48.5 Å². The summed E-state index contributed by atoms with van der Waals surface area (Å²) in [6.45, 7) is -0.557. The lowest BCUT2D eigenvalue weighted by atomic mass is 9.98. The van der Waals surface area contributed by atoms with Crippen LogP contribution in [0.4, 0.5) is 4.79 Å². The van der Waals surface area contributed by atoms with Gasteiger partial charge in [-0.3, -0.25) is 4.79 Å². The van der Waals surface area contributed by atoms with Crippen LogP contribution in [0.15, 0.2) is 48.5 Å². The zero-order valence-electron chi connectivity index (χ0n) is 15.6. The van der Waals surface area contributed by atoms with Gasteiger partial charge in [-0.05, 0) is 22.3 Å². The molecule has 1 atom stereocenters. The Bertz CT molecular complexity index is 868. The molecule has 8 heteroatoms. The quantitative estimate of drug-likeness (QED) is 0.534. The normalized spacial score (nSPS) is 13.1. The van der Waals surface area contributed by atoms with E-state index in [0.29, 0.717) is 0 Å². The molecule has 0 aromatic heterocycles. The molecule has 0 unspecified atom stereocenters. The zero-order chi connectivity index (χ0) is 20.8. The third-order valence-corrected chi connectivity index (χ3v) is 4.78. The molecule has 3 rings (SSSR count). The average molecular weight is 398 g/mol. The molecule has 0 bridgehead atoms. The number of aliphatic hydroxyl groups is 1. The summed E-state index contributed by atoms with van der Waals surface area (Å²) < 4.78 is 5.35. The van der Waals surface area contributed by atoms with Crippen molar-refractivity contribution in [1.29, 1.82) is 0 Å². The first-order valence-corrected chi connectivity index (χ1v) is 9.23. The van der Waals surface area contributed by atoms with Crippen molar-refractivity contribution in [2.24, 2.45) is 0 Å². The number of rotatable bonds is 8. The summed E-state index contributed by atoms with van der Waals surface area (Å²) >= 11 is 0. The van der Waals surface area contributed by atoms with Gasteiger partial charge in [-0.15, -0.1) is 0 Å². The third-order valence-electron chi connectivity index (χ3n) is 4.78. The number of carbonyl (C=O) groups excluding carboxylic acids is 2. The fraction of sp³-hybridized carbons (Fsp3) is 0.286. The fourth-order valence-electron chi connectivity index (χ4n) is 3.38. The van der Waals surface area contributed by atoms with Crippen molar-refractivity contribution in [2.45, 2.75) is 18.4 Å². The molecule has 152 valence electrons. The second-order valence-corrected chi connectivity index (χ2v) is 6.64. The van der Waals surface area contributed by atoms with Crippen LogP contribution in [-0.2, 0) is 14.3 Å². The van der Waals surface area contributed by atoms with Gasteiger partial charge in [0.15, 0.2) is 0 Å². The molecule has 2 aromatic rings. The Labute approximate surface area is 167 Å². The molecule has 1 aliphatic carbocycles. The van der Waals surface area contributed by atoms with Gasteiger partial charge in [-0.2, -0.15) is 0 Å². The highest BCUT2D eigenvalue weighted by atomic mass is 16.5. The Morgan fingerprint density at radius 3 is 2.14 bits per heavy atom. The zero-order valence-corrected chi connectivity index (χ0v) is 15.6. The van der Waals surface area contributed by atoms with Gasteiger partial charge in [0.1, 0.15) is 12.6 Å². The number of carboxylic acids is 1. The van der Waals surface area contributed by atoms with E-state index >= 15 is 0 Å². The molecule has 0 saturated carbocycles. The van der Waals surface area contributed by atoms with Crippen LogP contribution in [-0.4, -0.2) is 54.0 Å². The van der Waals surface area contributed by atoms with Crippen LogP contribution < -0.4 is 10.6 Å². The minimum Gasteiger partial charge on any atom is -0.480 e. The first-order chi connectivity index (χ1) is 14.0. The number of aliphatic carboxylic acids is 1. The van der Waals surface area contributed by atoms with Gasteiger partial charge < -0.3 is 25.6 Å². The lowest BCUT2D eigenvalue weighted by molar-refractivity contribution is -0.142. The highest BCUT2D eigenvalue weighted by Crippen LogP contribution is 2.44. The van der Waals surface area contributed by atoms with E-state index in [9.17, 15) is 14.4 Å². The van der Waals surface area contributed by atoms with Crippen molar-refractivity contribution in [3.63, 3.8) is 0 Å². The second-order valence-electron chi connectivity index (χ2n) is 6.64. The van der Waals surface area contributed by atoms with Gasteiger partial charge in [0.05, 0.1) is 6.61 Å². The maximum Gasteiger partial charge on any atom is 0.407 e. The standard InChI is InChI=1S/C21H22N2O6/c24-11-18(20(26)27)23-19(25)9-10-22-21(28)29-12-17-15-7-3-1-5-13(15)14-6-2-4-8-16(14)17/h1-8,17-18,24H,9-12H2,(H,22,28)(H,23,25)(H,26,27)/t18-/m0/s1. The van der Waals surface area contributed by atoms with Crippen molar-refractivity contribution in [3.05, 3.63) is 59.7 Å². The summed E-state index contributed by atoms with van der Waals surface area (Å²) in [5.41, 5.74) is 4.46. The summed E-state index contributed by atoms with van der Waals surface area (Å²) in [6.07, 6.45) is -0.787. The number of carboxylic acid groups (broad SMARTS) is 1. The molecule has 0 radical (unpaired) electrons. The van der Waals surface area contributed by atoms with Gasteiger partial charge in [-0.25, -0.2) is 9.59 Å². The number of hydrogen-bond donors (Lipinski definition) is 4. The monoisotopic (exact) mass is 398 g/mol. The molecule has 0 saturated heterocycles. The van der Waals surface area contributed by atoms with Crippen LogP contribution in [0.25, 0.3) is 11.1 Å². The SMILES string of the molecule is O=C(CCNC(=O)OCC1c2ccccc2-c2ccccc21)N[C@@H](CO)C(=O)O. The maximum atomic E-state index is 12.0. The Morgan fingerprint density at radius 1 is 1.00 bits per heavy atom. The van der Waals surface area contributed by atoms with Crippen molar-refractivity contribution in [2.75, 3.05) is 19.8 Å². The topological polar surface area (TPSA) is 125 Å². The molecular formula is C21H22N2O6. The summed E-state index contributed by atoms with van der Waals surface area (Å²) in [6, 6.07) is 14.6. The number of nitrogens with one attached hydrogen (secondary N) is 2. The number of benzene rings is 2. The summed E-state index contributed by atoms with van der Waals surface area (Å²) in [5, 5.41) is 22.3. The molecule has 0 aliphatic heterocycles. The average Bonchev–Trinajstić information content (AvgIpc) is 3.04. The predicted molar refractivity (Wildman–Crippen MR) is 104 cm³/mol. The lowest BCUT2D eigenvalue weighted by Crippen LogP contribution is -2.44. The fourth-order valence-corrected chi connectivity index (χ4v) is 3.38. The molecule has 0 heterocycles. The molecule has 0 spiro atoms. The van der Waals surface area contributed by atoms with Crippen LogP contribution in [0.3, 0.4) is 0 Å². The summed E-state index contributed by atoms with van der Waals surface area (Å²) in [5.74, 6) is -1.98. The van der Waals surface area contributed by atoms with Crippen LogP contribution in [0.5, 0.6) is 0 Å². The van der Waals surface area contributed by atoms with Crippen molar-refractivity contribution >= 4 is 18.0 Å². The van der Waals surface area contributed by atoms with Gasteiger partial charge in [0.25, 0.3) is 0 Å². The van der Waals surface area contributed by atoms with Crippen LogP contribution >= 0.6 is 0 Å². The molecule has 2 amide bonds. The Morgan fingerprint density at radius 2 is 1.59 bits per heavy atom. The number of amides is 2. The lowest BCUT2D eigenvalue weighted by Gasteiger charge is -2.15. The number of hydrogen-bond acceptors (Lipinski definition) is 5. The van der Waals surface area contributed by atoms with E-state index in [4.69, 9.17) is 14.9 Å². The van der Waals surface area contributed by atoms with Gasteiger partial charge >= 0.3 is 12.1 Å². The van der Waals surface area contributed by atoms with E-state index in [1.165, 1.54) is 0 Å². The number of ether oxygens (including phenoxy) is 1. The number of alkyl carbamates (subject to hydrolysis) is 1. The number of carbonyl (C=O) groups is 3. The Kier molecular flexibility index (Phi) is 6.46. The van der Waals surface area contributed by atoms with E-state index in [2.05, 4.69) is 10.6 Å². The largest absolute Gasteiger partial charge is 0.480 e. The predicted octanol–water partition coefficient (Wildman–Crippen LogP) is 1.48. The summed E-state index contributed by atoms with van der Waals surface area (Å²) in [4.78, 5) is 34.4. The van der Waals surface area contributed by atoms with Gasteiger partial charge in [0.2, 0.25) is 5.91 Å². The second kappa shape index (κ2) is 9.20. The highest BCUT2D eigenvalue weighted by Gasteiger charge is 2.29. The minimum absolute atomic E-state index is 0.0136.